The summed E-state index contributed by atoms with van der Waals surface area (Å²) in [6, 6.07) is 10.4. The monoisotopic (exact) mass is 406 g/mol. The highest BCUT2D eigenvalue weighted by Gasteiger charge is 2.09. The standard InChI is InChI=1S/C13H9Cl2IN2O/c14-10-5-9(6-11(15)12(10)17)18-13(19)7-2-1-3-8(16)4-7/h1-6H,17H2,(H,18,19). The van der Waals surface area contributed by atoms with Crippen LogP contribution in [0.25, 0.3) is 0 Å². The van der Waals surface area contributed by atoms with Crippen molar-refractivity contribution < 1.29 is 4.79 Å². The second-order valence-electron chi connectivity index (χ2n) is 3.82. The number of nitrogens with two attached hydrogens (primary N) is 1. The number of nitrogen functional groups attached to an aromatic ring is 1. The SMILES string of the molecule is Nc1c(Cl)cc(NC(=O)c2cccc(I)c2)cc1Cl. The Hall–Kier alpha value is -0.980. The maximum atomic E-state index is 12.0. The molecule has 0 aliphatic heterocycles. The van der Waals surface area contributed by atoms with Gasteiger partial charge < -0.3 is 11.1 Å². The lowest BCUT2D eigenvalue weighted by atomic mass is 10.2. The molecule has 0 spiro atoms. The van der Waals surface area contributed by atoms with E-state index in [1.165, 1.54) is 0 Å². The maximum absolute atomic E-state index is 12.0. The molecule has 98 valence electrons. The zero-order chi connectivity index (χ0) is 14.0. The number of rotatable bonds is 2. The Morgan fingerprint density at radius 2 is 1.79 bits per heavy atom. The van der Waals surface area contributed by atoms with E-state index >= 15 is 0 Å². The average molecular weight is 407 g/mol. The summed E-state index contributed by atoms with van der Waals surface area (Å²) in [5.41, 5.74) is 7.01. The summed E-state index contributed by atoms with van der Waals surface area (Å²) >= 11 is 14.0. The van der Waals surface area contributed by atoms with Gasteiger partial charge in [0.25, 0.3) is 5.91 Å². The number of benzene rings is 2. The van der Waals surface area contributed by atoms with E-state index in [1.807, 2.05) is 12.1 Å². The van der Waals surface area contributed by atoms with Gasteiger partial charge in [-0.3, -0.25) is 4.79 Å². The van der Waals surface area contributed by atoms with E-state index in [2.05, 4.69) is 27.9 Å². The van der Waals surface area contributed by atoms with Gasteiger partial charge in [-0.1, -0.05) is 29.3 Å². The Labute approximate surface area is 134 Å². The minimum Gasteiger partial charge on any atom is -0.396 e. The molecule has 6 heteroatoms. The van der Waals surface area contributed by atoms with E-state index in [0.717, 1.165) is 3.57 Å². The number of nitrogens with one attached hydrogen (secondary N) is 1. The van der Waals surface area contributed by atoms with E-state index in [4.69, 9.17) is 28.9 Å². The topological polar surface area (TPSA) is 55.1 Å². The van der Waals surface area contributed by atoms with Crippen LogP contribution in [-0.4, -0.2) is 5.91 Å². The van der Waals surface area contributed by atoms with Crippen LogP contribution in [0.2, 0.25) is 10.0 Å². The summed E-state index contributed by atoms with van der Waals surface area (Å²) in [5, 5.41) is 3.35. The van der Waals surface area contributed by atoms with Crippen molar-refractivity contribution in [1.29, 1.82) is 0 Å². The predicted octanol–water partition coefficient (Wildman–Crippen LogP) is 4.43. The Morgan fingerprint density at radius 3 is 2.37 bits per heavy atom. The van der Waals surface area contributed by atoms with Crippen LogP contribution in [0.5, 0.6) is 0 Å². The lowest BCUT2D eigenvalue weighted by Gasteiger charge is -2.08. The van der Waals surface area contributed by atoms with Crippen LogP contribution >= 0.6 is 45.8 Å². The fourth-order valence-electron chi connectivity index (χ4n) is 1.49. The third-order valence-electron chi connectivity index (χ3n) is 2.42. The summed E-state index contributed by atoms with van der Waals surface area (Å²) in [7, 11) is 0. The Kier molecular flexibility index (Phi) is 4.54. The zero-order valence-electron chi connectivity index (χ0n) is 9.58. The number of hydrogen-bond donors (Lipinski definition) is 2. The highest BCUT2D eigenvalue weighted by atomic mass is 127. The number of hydrogen-bond acceptors (Lipinski definition) is 2. The normalized spacial score (nSPS) is 10.3. The lowest BCUT2D eigenvalue weighted by molar-refractivity contribution is 0.102. The molecule has 0 aliphatic rings. The molecule has 0 fully saturated rings. The molecular formula is C13H9Cl2IN2O. The van der Waals surface area contributed by atoms with Gasteiger partial charge in [0.05, 0.1) is 15.7 Å². The molecule has 0 bridgehead atoms. The zero-order valence-corrected chi connectivity index (χ0v) is 13.3. The molecule has 2 rings (SSSR count). The molecule has 0 saturated carbocycles. The number of amides is 1. The third-order valence-corrected chi connectivity index (χ3v) is 3.72. The minimum atomic E-state index is -0.226. The van der Waals surface area contributed by atoms with Gasteiger partial charge >= 0.3 is 0 Å². The maximum Gasteiger partial charge on any atom is 0.255 e. The molecule has 2 aromatic rings. The van der Waals surface area contributed by atoms with Crippen molar-refractivity contribution in [3.8, 4) is 0 Å². The van der Waals surface area contributed by atoms with Crippen molar-refractivity contribution in [2.45, 2.75) is 0 Å². The number of carbonyl (C=O) groups is 1. The van der Waals surface area contributed by atoms with Crippen LogP contribution < -0.4 is 11.1 Å². The molecule has 0 radical (unpaired) electrons. The van der Waals surface area contributed by atoms with Crippen molar-refractivity contribution in [1.82, 2.24) is 0 Å². The number of carbonyl (C=O) groups excluding carboxylic acids is 1. The second-order valence-corrected chi connectivity index (χ2v) is 5.88. The van der Waals surface area contributed by atoms with Crippen LogP contribution in [0.3, 0.4) is 0 Å². The smallest absolute Gasteiger partial charge is 0.255 e. The Morgan fingerprint density at radius 1 is 1.16 bits per heavy atom. The fourth-order valence-corrected chi connectivity index (χ4v) is 2.52. The van der Waals surface area contributed by atoms with E-state index in [0.29, 0.717) is 27.0 Å². The van der Waals surface area contributed by atoms with Crippen LogP contribution in [0.1, 0.15) is 10.4 Å². The van der Waals surface area contributed by atoms with Crippen molar-refractivity contribution in [2.75, 3.05) is 11.1 Å². The van der Waals surface area contributed by atoms with Crippen LogP contribution in [0, 0.1) is 3.57 Å². The van der Waals surface area contributed by atoms with Crippen molar-refractivity contribution in [3.05, 3.63) is 55.6 Å². The lowest BCUT2D eigenvalue weighted by Crippen LogP contribution is -2.12. The predicted molar refractivity (Wildman–Crippen MR) is 88.0 cm³/mol. The first kappa shape index (κ1) is 14.4. The quantitative estimate of drug-likeness (QED) is 0.572. The van der Waals surface area contributed by atoms with Gasteiger partial charge in [-0.15, -0.1) is 0 Å². The van der Waals surface area contributed by atoms with E-state index < -0.39 is 0 Å². The summed E-state index contributed by atoms with van der Waals surface area (Å²) in [4.78, 5) is 12.0. The molecular weight excluding hydrogens is 398 g/mol. The number of anilines is 2. The molecule has 2 aromatic carbocycles. The first-order valence-electron chi connectivity index (χ1n) is 5.29. The van der Waals surface area contributed by atoms with Crippen molar-refractivity contribution >= 4 is 63.1 Å². The van der Waals surface area contributed by atoms with Gasteiger partial charge in [0.15, 0.2) is 0 Å². The van der Waals surface area contributed by atoms with Crippen LogP contribution in [0.15, 0.2) is 36.4 Å². The second kappa shape index (κ2) is 5.98. The largest absolute Gasteiger partial charge is 0.396 e. The third kappa shape index (κ3) is 3.52. The highest BCUT2D eigenvalue weighted by molar-refractivity contribution is 14.1. The summed E-state index contributed by atoms with van der Waals surface area (Å²) < 4.78 is 0.985. The van der Waals surface area contributed by atoms with Crippen LogP contribution in [-0.2, 0) is 0 Å². The molecule has 0 aliphatic carbocycles. The summed E-state index contributed by atoms with van der Waals surface area (Å²) in [5.74, 6) is -0.226. The van der Waals surface area contributed by atoms with E-state index in [1.54, 1.807) is 24.3 Å². The van der Waals surface area contributed by atoms with Crippen molar-refractivity contribution in [3.63, 3.8) is 0 Å². The molecule has 0 heterocycles. The molecule has 0 aromatic heterocycles. The van der Waals surface area contributed by atoms with Gasteiger partial charge in [-0.05, 0) is 52.9 Å². The van der Waals surface area contributed by atoms with E-state index in [9.17, 15) is 4.79 Å². The van der Waals surface area contributed by atoms with Gasteiger partial charge in [0.1, 0.15) is 0 Å². The van der Waals surface area contributed by atoms with Gasteiger partial charge in [-0.25, -0.2) is 0 Å². The van der Waals surface area contributed by atoms with Gasteiger partial charge in [0.2, 0.25) is 0 Å². The summed E-state index contributed by atoms with van der Waals surface area (Å²) in [6.45, 7) is 0. The first-order valence-corrected chi connectivity index (χ1v) is 7.12. The molecule has 3 nitrogen and oxygen atoms in total. The van der Waals surface area contributed by atoms with Gasteiger partial charge in [-0.2, -0.15) is 0 Å². The fraction of sp³-hybridized carbons (Fsp3) is 0. The highest BCUT2D eigenvalue weighted by Crippen LogP contribution is 2.31. The first-order chi connectivity index (χ1) is 8.97. The van der Waals surface area contributed by atoms with Crippen molar-refractivity contribution in [2.24, 2.45) is 0 Å². The number of halogens is 3. The molecule has 19 heavy (non-hydrogen) atoms. The Balaban J connectivity index is 2.24. The molecule has 0 atom stereocenters. The van der Waals surface area contributed by atoms with Crippen LogP contribution in [0.4, 0.5) is 11.4 Å². The molecule has 1 amide bonds. The molecule has 0 saturated heterocycles. The van der Waals surface area contributed by atoms with E-state index in [-0.39, 0.29) is 5.91 Å². The molecule has 3 N–H and O–H groups in total. The minimum absolute atomic E-state index is 0.226. The average Bonchev–Trinajstić information content (AvgIpc) is 2.36. The Bertz CT molecular complexity index is 623. The summed E-state index contributed by atoms with van der Waals surface area (Å²) in [6.07, 6.45) is 0. The molecule has 0 unspecified atom stereocenters. The van der Waals surface area contributed by atoms with Gasteiger partial charge in [0, 0.05) is 14.8 Å².